The number of piperazine rings is 1. The van der Waals surface area contributed by atoms with E-state index in [1.165, 1.54) is 48.8 Å². The number of hydrogen-bond donors (Lipinski definition) is 1. The smallest absolute Gasteiger partial charge is 0.146 e. The highest BCUT2D eigenvalue weighted by molar-refractivity contribution is 5.67. The number of nitrogens with zero attached hydrogens (tertiary/aromatic N) is 4. The van der Waals surface area contributed by atoms with Gasteiger partial charge in [-0.15, -0.1) is 0 Å². The molecule has 1 aliphatic carbocycles. The second-order valence-electron chi connectivity index (χ2n) is 11.2. The van der Waals surface area contributed by atoms with Crippen LogP contribution in [0.3, 0.4) is 0 Å². The van der Waals surface area contributed by atoms with E-state index in [2.05, 4.69) is 69.8 Å². The summed E-state index contributed by atoms with van der Waals surface area (Å²) in [5.74, 6) is 0.547. The SMILES string of the molecule is Fc1ccccc1N1CCN(CCNCc2nn(-c3ccccc3)cc2-c2cccc(C3CCCCC3)c2)CC1. The molecule has 208 valence electrons. The molecule has 0 radical (unpaired) electrons. The number of nitrogens with one attached hydrogen (secondary N) is 1. The van der Waals surface area contributed by atoms with Crippen molar-refractivity contribution < 1.29 is 4.39 Å². The predicted molar refractivity (Wildman–Crippen MR) is 162 cm³/mol. The van der Waals surface area contributed by atoms with Gasteiger partial charge < -0.3 is 10.2 Å². The van der Waals surface area contributed by atoms with Crippen LogP contribution in [-0.4, -0.2) is 53.9 Å². The number of rotatable bonds is 9. The van der Waals surface area contributed by atoms with E-state index in [9.17, 15) is 4.39 Å². The van der Waals surface area contributed by atoms with Crippen LogP contribution in [0.1, 0.15) is 49.3 Å². The summed E-state index contributed by atoms with van der Waals surface area (Å²) >= 11 is 0. The second kappa shape index (κ2) is 12.8. The maximum Gasteiger partial charge on any atom is 0.146 e. The minimum Gasteiger partial charge on any atom is -0.367 e. The molecule has 1 aromatic heterocycles. The summed E-state index contributed by atoms with van der Waals surface area (Å²) in [7, 11) is 0. The van der Waals surface area contributed by atoms with Crippen molar-refractivity contribution >= 4 is 5.69 Å². The lowest BCUT2D eigenvalue weighted by atomic mass is 9.83. The van der Waals surface area contributed by atoms with Gasteiger partial charge in [0, 0.05) is 57.6 Å². The van der Waals surface area contributed by atoms with Crippen molar-refractivity contribution in [2.75, 3.05) is 44.2 Å². The van der Waals surface area contributed by atoms with Crippen LogP contribution in [-0.2, 0) is 6.54 Å². The normalized spacial score (nSPS) is 16.9. The third-order valence-electron chi connectivity index (χ3n) is 8.55. The van der Waals surface area contributed by atoms with E-state index < -0.39 is 0 Å². The number of para-hydroxylation sites is 2. The van der Waals surface area contributed by atoms with Crippen molar-refractivity contribution in [1.82, 2.24) is 20.0 Å². The van der Waals surface area contributed by atoms with Gasteiger partial charge in [-0.05, 0) is 54.2 Å². The van der Waals surface area contributed by atoms with Gasteiger partial charge in [0.25, 0.3) is 0 Å². The molecule has 5 nitrogen and oxygen atoms in total. The fourth-order valence-corrected chi connectivity index (χ4v) is 6.25. The third-order valence-corrected chi connectivity index (χ3v) is 8.55. The Bertz CT molecular complexity index is 1370. The number of anilines is 1. The summed E-state index contributed by atoms with van der Waals surface area (Å²) in [6.45, 7) is 6.16. The zero-order chi connectivity index (χ0) is 27.1. The summed E-state index contributed by atoms with van der Waals surface area (Å²) in [5.41, 5.74) is 6.80. The lowest BCUT2D eigenvalue weighted by Gasteiger charge is -2.36. The van der Waals surface area contributed by atoms with Gasteiger partial charge >= 0.3 is 0 Å². The number of benzene rings is 3. The van der Waals surface area contributed by atoms with Crippen molar-refractivity contribution in [2.24, 2.45) is 0 Å². The molecule has 40 heavy (non-hydrogen) atoms. The molecule has 0 amide bonds. The van der Waals surface area contributed by atoms with Crippen molar-refractivity contribution in [1.29, 1.82) is 0 Å². The molecule has 0 atom stereocenters. The topological polar surface area (TPSA) is 36.3 Å². The first-order valence-corrected chi connectivity index (χ1v) is 14.9. The Morgan fingerprint density at radius 1 is 0.825 bits per heavy atom. The van der Waals surface area contributed by atoms with Gasteiger partial charge in [-0.3, -0.25) is 4.90 Å². The molecule has 1 saturated carbocycles. The van der Waals surface area contributed by atoms with Crippen LogP contribution in [0.15, 0.2) is 85.1 Å². The van der Waals surface area contributed by atoms with Crippen molar-refractivity contribution in [3.8, 4) is 16.8 Å². The number of aromatic nitrogens is 2. The van der Waals surface area contributed by atoms with Crippen LogP contribution in [0.5, 0.6) is 0 Å². The van der Waals surface area contributed by atoms with E-state index in [1.54, 1.807) is 12.1 Å². The predicted octanol–water partition coefficient (Wildman–Crippen LogP) is 6.64. The fourth-order valence-electron chi connectivity index (χ4n) is 6.25. The highest BCUT2D eigenvalue weighted by Gasteiger charge is 2.20. The van der Waals surface area contributed by atoms with Crippen molar-refractivity contribution in [2.45, 2.75) is 44.6 Å². The van der Waals surface area contributed by atoms with E-state index >= 15 is 0 Å². The van der Waals surface area contributed by atoms with Gasteiger partial charge in [0.05, 0.1) is 17.1 Å². The standard InChI is InChI=1S/C34H40FN5/c35-32-16-7-8-17-34(32)39-22-20-38(21-23-39)19-18-36-25-33-31(26-40(37-33)30-14-5-2-6-15-30)29-13-9-12-28(24-29)27-10-3-1-4-11-27/h2,5-9,12-17,24,26-27,36H,1,3-4,10-11,18-23,25H2. The molecule has 1 aliphatic heterocycles. The molecule has 6 heteroatoms. The summed E-state index contributed by atoms with van der Waals surface area (Å²) in [4.78, 5) is 4.62. The maximum atomic E-state index is 14.2. The van der Waals surface area contributed by atoms with E-state index in [-0.39, 0.29) is 5.82 Å². The highest BCUT2D eigenvalue weighted by Crippen LogP contribution is 2.35. The molecule has 2 heterocycles. The monoisotopic (exact) mass is 537 g/mol. The average Bonchev–Trinajstić information content (AvgIpc) is 3.45. The lowest BCUT2D eigenvalue weighted by molar-refractivity contribution is 0.256. The average molecular weight is 538 g/mol. The van der Waals surface area contributed by atoms with Crippen LogP contribution >= 0.6 is 0 Å². The quantitative estimate of drug-likeness (QED) is 0.243. The molecular formula is C34H40FN5. The number of halogens is 1. The molecule has 4 aromatic rings. The molecule has 6 rings (SSSR count). The molecule has 1 N–H and O–H groups in total. The minimum absolute atomic E-state index is 0.132. The van der Waals surface area contributed by atoms with Crippen molar-refractivity contribution in [3.63, 3.8) is 0 Å². The second-order valence-corrected chi connectivity index (χ2v) is 11.2. The number of hydrogen-bond acceptors (Lipinski definition) is 4. The Hall–Kier alpha value is -3.48. The van der Waals surface area contributed by atoms with Gasteiger partial charge in [-0.25, -0.2) is 9.07 Å². The summed E-state index contributed by atoms with van der Waals surface area (Å²) in [6.07, 6.45) is 8.85. The lowest BCUT2D eigenvalue weighted by Crippen LogP contribution is -2.48. The van der Waals surface area contributed by atoms with E-state index in [0.29, 0.717) is 5.92 Å². The first kappa shape index (κ1) is 26.7. The van der Waals surface area contributed by atoms with Crippen molar-refractivity contribution in [3.05, 3.63) is 102 Å². The first-order valence-electron chi connectivity index (χ1n) is 14.9. The molecule has 0 spiro atoms. The van der Waals surface area contributed by atoms with E-state index in [0.717, 1.165) is 62.9 Å². The van der Waals surface area contributed by atoms with Crippen LogP contribution < -0.4 is 10.2 Å². The molecule has 2 fully saturated rings. The van der Waals surface area contributed by atoms with Crippen LogP contribution in [0, 0.1) is 5.82 Å². The van der Waals surface area contributed by atoms with Crippen LogP contribution in [0.25, 0.3) is 16.8 Å². The highest BCUT2D eigenvalue weighted by atomic mass is 19.1. The van der Waals surface area contributed by atoms with Gasteiger partial charge in [0.15, 0.2) is 0 Å². The molecule has 2 aliphatic rings. The largest absolute Gasteiger partial charge is 0.367 e. The Morgan fingerprint density at radius 3 is 2.40 bits per heavy atom. The van der Waals surface area contributed by atoms with Gasteiger partial charge in [0.1, 0.15) is 5.82 Å². The Balaban J connectivity index is 1.10. The van der Waals surface area contributed by atoms with Gasteiger partial charge in [-0.1, -0.05) is 73.9 Å². The zero-order valence-electron chi connectivity index (χ0n) is 23.3. The maximum absolute atomic E-state index is 14.2. The Labute approximate surface area is 237 Å². The molecule has 0 unspecified atom stereocenters. The van der Waals surface area contributed by atoms with Gasteiger partial charge in [-0.2, -0.15) is 5.10 Å². The third kappa shape index (κ3) is 6.29. The molecule has 1 saturated heterocycles. The fraction of sp³-hybridized carbons (Fsp3) is 0.382. The van der Waals surface area contributed by atoms with Crippen LogP contribution in [0.4, 0.5) is 10.1 Å². The minimum atomic E-state index is -0.132. The van der Waals surface area contributed by atoms with Crippen LogP contribution in [0.2, 0.25) is 0 Å². The zero-order valence-corrected chi connectivity index (χ0v) is 23.3. The Morgan fingerprint density at radius 2 is 1.60 bits per heavy atom. The summed E-state index contributed by atoms with van der Waals surface area (Å²) in [6, 6.07) is 26.6. The molecule has 3 aromatic carbocycles. The summed E-state index contributed by atoms with van der Waals surface area (Å²) < 4.78 is 16.2. The van der Waals surface area contributed by atoms with Gasteiger partial charge in [0.2, 0.25) is 0 Å². The van der Waals surface area contributed by atoms with E-state index in [1.807, 2.05) is 22.9 Å². The summed E-state index contributed by atoms with van der Waals surface area (Å²) in [5, 5.41) is 8.70. The first-order chi connectivity index (χ1) is 19.7. The van der Waals surface area contributed by atoms with E-state index in [4.69, 9.17) is 5.10 Å². The molecular weight excluding hydrogens is 497 g/mol. The molecule has 0 bridgehead atoms. The Kier molecular flexibility index (Phi) is 8.55.